The Kier molecular flexibility index (Phi) is 2.22. The van der Waals surface area contributed by atoms with Crippen molar-refractivity contribution in [3.05, 3.63) is 26.5 Å². The Hall–Kier alpha value is -2.18. The van der Waals surface area contributed by atoms with Gasteiger partial charge in [0.05, 0.1) is 13.0 Å². The average Bonchev–Trinajstić information content (AvgIpc) is 2.43. The van der Waals surface area contributed by atoms with E-state index in [4.69, 9.17) is 0 Å². The van der Waals surface area contributed by atoms with Gasteiger partial charge in [-0.15, -0.1) is 0 Å². The molecule has 0 saturated carbocycles. The van der Waals surface area contributed by atoms with Crippen LogP contribution in [0.4, 0.5) is 5.69 Å². The maximum absolute atomic E-state index is 11.5. The summed E-state index contributed by atoms with van der Waals surface area (Å²) in [5, 5.41) is 0. The number of hydrogen-bond acceptors (Lipinski definition) is 4. The van der Waals surface area contributed by atoms with Gasteiger partial charge in [-0.25, -0.2) is 4.79 Å². The number of anilines is 1. The highest BCUT2D eigenvalue weighted by Crippen LogP contribution is 2.16. The number of ketones is 1. The van der Waals surface area contributed by atoms with Gasteiger partial charge in [0, 0.05) is 5.69 Å². The molecule has 2 N–H and O–H groups in total. The molecule has 7 heteroatoms. The van der Waals surface area contributed by atoms with E-state index in [1.807, 2.05) is 4.98 Å². The van der Waals surface area contributed by atoms with Crippen molar-refractivity contribution in [2.24, 2.45) is 0 Å². The van der Waals surface area contributed by atoms with Crippen LogP contribution in [0.3, 0.4) is 0 Å². The Morgan fingerprint density at radius 2 is 1.81 bits per heavy atom. The van der Waals surface area contributed by atoms with Gasteiger partial charge in [0.25, 0.3) is 5.56 Å². The van der Waals surface area contributed by atoms with E-state index in [2.05, 4.69) is 4.98 Å². The molecule has 0 radical (unpaired) electrons. The van der Waals surface area contributed by atoms with Gasteiger partial charge in [0.1, 0.15) is 5.69 Å². The normalized spacial score (nSPS) is 15.9. The summed E-state index contributed by atoms with van der Waals surface area (Å²) in [4.78, 5) is 50.5. The second kappa shape index (κ2) is 3.44. The first kappa shape index (κ1) is 10.3. The molecule has 1 amide bonds. The second-order valence-corrected chi connectivity index (χ2v) is 3.58. The average molecular weight is 223 g/mol. The fraction of sp³-hybridized carbons (Fsp3) is 0.333. The number of carbonyl (C=O) groups is 2. The molecule has 0 unspecified atom stereocenters. The molecule has 0 aromatic carbocycles. The number of hydrogen-bond donors (Lipinski definition) is 2. The summed E-state index contributed by atoms with van der Waals surface area (Å²) >= 11 is 0. The van der Waals surface area contributed by atoms with E-state index in [9.17, 15) is 19.2 Å². The highest BCUT2D eigenvalue weighted by molar-refractivity contribution is 6.15. The number of aryl methyl sites for hydroxylation is 1. The largest absolute Gasteiger partial charge is 0.326 e. The van der Waals surface area contributed by atoms with Crippen molar-refractivity contribution in [3.63, 3.8) is 0 Å². The fourth-order valence-electron chi connectivity index (χ4n) is 1.71. The number of nitrogens with one attached hydrogen (secondary N) is 2. The summed E-state index contributed by atoms with van der Waals surface area (Å²) in [5.74, 6) is -0.666. The van der Waals surface area contributed by atoms with Crippen molar-refractivity contribution in [1.82, 2.24) is 9.97 Å². The van der Waals surface area contributed by atoms with E-state index in [0.29, 0.717) is 0 Å². The molecule has 2 heterocycles. The minimum Gasteiger partial charge on any atom is -0.309 e. The lowest BCUT2D eigenvalue weighted by Crippen LogP contribution is -2.35. The Balaban J connectivity index is 2.57. The van der Waals surface area contributed by atoms with Crippen molar-refractivity contribution >= 4 is 17.4 Å². The quantitative estimate of drug-likeness (QED) is 0.576. The van der Waals surface area contributed by atoms with Crippen molar-refractivity contribution < 1.29 is 9.59 Å². The van der Waals surface area contributed by atoms with Crippen molar-refractivity contribution in [3.8, 4) is 0 Å². The van der Waals surface area contributed by atoms with Crippen LogP contribution < -0.4 is 16.1 Å². The van der Waals surface area contributed by atoms with E-state index in [0.717, 1.165) is 4.90 Å². The third-order valence-electron chi connectivity index (χ3n) is 2.35. The van der Waals surface area contributed by atoms with Crippen molar-refractivity contribution in [2.45, 2.75) is 13.3 Å². The Bertz CT molecular complexity index is 583. The fourth-order valence-corrected chi connectivity index (χ4v) is 1.71. The number of H-pyrrole nitrogens is 2. The molecular weight excluding hydrogens is 214 g/mol. The van der Waals surface area contributed by atoms with Crippen molar-refractivity contribution in [1.29, 1.82) is 0 Å². The molecule has 7 nitrogen and oxygen atoms in total. The summed E-state index contributed by atoms with van der Waals surface area (Å²) in [5.41, 5.74) is -0.985. The van der Waals surface area contributed by atoms with E-state index in [1.165, 1.54) is 6.92 Å². The number of nitrogens with zero attached hydrogens (tertiary/aromatic N) is 1. The van der Waals surface area contributed by atoms with Crippen LogP contribution in [0.1, 0.15) is 12.1 Å². The molecule has 1 aliphatic heterocycles. The second-order valence-electron chi connectivity index (χ2n) is 3.58. The van der Waals surface area contributed by atoms with Gasteiger partial charge >= 0.3 is 5.69 Å². The smallest absolute Gasteiger partial charge is 0.309 e. The number of rotatable bonds is 1. The lowest BCUT2D eigenvalue weighted by atomic mass is 10.3. The minimum absolute atomic E-state index is 0.0375. The maximum atomic E-state index is 11.5. The first-order valence-corrected chi connectivity index (χ1v) is 4.64. The van der Waals surface area contributed by atoms with Crippen LogP contribution in [0, 0.1) is 6.92 Å². The Labute approximate surface area is 89.1 Å². The molecule has 1 saturated heterocycles. The maximum Gasteiger partial charge on any atom is 0.326 e. The number of aromatic nitrogens is 2. The van der Waals surface area contributed by atoms with E-state index < -0.39 is 17.2 Å². The molecule has 0 spiro atoms. The van der Waals surface area contributed by atoms with Gasteiger partial charge in [0.2, 0.25) is 5.91 Å². The monoisotopic (exact) mass is 223 g/mol. The predicted molar refractivity (Wildman–Crippen MR) is 54.4 cm³/mol. The molecule has 0 atom stereocenters. The van der Waals surface area contributed by atoms with E-state index in [-0.39, 0.29) is 30.1 Å². The zero-order valence-electron chi connectivity index (χ0n) is 8.49. The summed E-state index contributed by atoms with van der Waals surface area (Å²) < 4.78 is 0. The SMILES string of the molecule is Cc1[nH]c(=O)[nH]c(=O)c1N1CC(=O)CC1=O. The number of aromatic amines is 2. The van der Waals surface area contributed by atoms with Crippen LogP contribution in [-0.2, 0) is 9.59 Å². The third-order valence-corrected chi connectivity index (χ3v) is 2.35. The molecule has 2 rings (SSSR count). The molecule has 84 valence electrons. The van der Waals surface area contributed by atoms with E-state index >= 15 is 0 Å². The molecule has 1 fully saturated rings. The molecule has 1 aromatic heterocycles. The van der Waals surface area contributed by atoms with Crippen LogP contribution in [0.15, 0.2) is 9.59 Å². The first-order valence-electron chi connectivity index (χ1n) is 4.64. The van der Waals surface area contributed by atoms with Crippen LogP contribution in [-0.4, -0.2) is 28.2 Å². The van der Waals surface area contributed by atoms with Crippen LogP contribution >= 0.6 is 0 Å². The van der Waals surface area contributed by atoms with Gasteiger partial charge in [-0.3, -0.25) is 24.3 Å². The summed E-state index contributed by atoms with van der Waals surface area (Å²) in [6.45, 7) is 1.39. The zero-order chi connectivity index (χ0) is 11.9. The highest BCUT2D eigenvalue weighted by atomic mass is 16.2. The van der Waals surface area contributed by atoms with Gasteiger partial charge in [-0.1, -0.05) is 0 Å². The first-order chi connectivity index (χ1) is 7.49. The lowest BCUT2D eigenvalue weighted by molar-refractivity contribution is -0.121. The Morgan fingerprint density at radius 1 is 1.12 bits per heavy atom. The van der Waals surface area contributed by atoms with Gasteiger partial charge in [0.15, 0.2) is 5.78 Å². The topological polar surface area (TPSA) is 103 Å². The van der Waals surface area contributed by atoms with E-state index in [1.54, 1.807) is 0 Å². The van der Waals surface area contributed by atoms with Gasteiger partial charge in [-0.2, -0.15) is 0 Å². The predicted octanol–water partition coefficient (Wildman–Crippen LogP) is -1.32. The van der Waals surface area contributed by atoms with Crippen molar-refractivity contribution in [2.75, 3.05) is 11.4 Å². The van der Waals surface area contributed by atoms with Crippen LogP contribution in [0.5, 0.6) is 0 Å². The molecule has 16 heavy (non-hydrogen) atoms. The highest BCUT2D eigenvalue weighted by Gasteiger charge is 2.31. The third kappa shape index (κ3) is 1.56. The molecule has 1 aliphatic rings. The lowest BCUT2D eigenvalue weighted by Gasteiger charge is -2.14. The Morgan fingerprint density at radius 3 is 2.31 bits per heavy atom. The molecular formula is C9H9N3O4. The number of amides is 1. The summed E-state index contributed by atoms with van der Waals surface area (Å²) in [7, 11) is 0. The summed E-state index contributed by atoms with van der Waals surface area (Å²) in [6, 6.07) is 0. The zero-order valence-corrected chi connectivity index (χ0v) is 8.49. The standard InChI is InChI=1S/C9H9N3O4/c1-4-7(8(15)11-9(16)10-4)12-3-5(13)2-6(12)14/h2-3H2,1H3,(H2,10,11,15,16). The van der Waals surface area contributed by atoms with Crippen LogP contribution in [0.2, 0.25) is 0 Å². The van der Waals surface area contributed by atoms with Gasteiger partial charge in [-0.05, 0) is 6.92 Å². The van der Waals surface area contributed by atoms with Gasteiger partial charge < -0.3 is 4.98 Å². The molecule has 0 aliphatic carbocycles. The minimum atomic E-state index is -0.663. The number of carbonyl (C=O) groups excluding carboxylic acids is 2. The van der Waals surface area contributed by atoms with Crippen LogP contribution in [0.25, 0.3) is 0 Å². The summed E-state index contributed by atoms with van der Waals surface area (Å²) in [6.07, 6.45) is -0.196. The number of Topliss-reactive ketones (excluding diaryl/α,β-unsaturated/α-hetero) is 1. The molecule has 1 aromatic rings. The molecule has 0 bridgehead atoms.